The summed E-state index contributed by atoms with van der Waals surface area (Å²) in [6, 6.07) is 56.7. The minimum Gasteiger partial charge on any atom is -0.456 e. The maximum atomic E-state index is 6.54. The quantitative estimate of drug-likeness (QED) is 0.201. The fourth-order valence-electron chi connectivity index (χ4n) is 7.01. The zero-order valence-corrected chi connectivity index (χ0v) is 23.4. The van der Waals surface area contributed by atoms with Crippen LogP contribution in [-0.4, -0.2) is 0 Å². The van der Waals surface area contributed by atoms with E-state index in [1.807, 2.05) is 0 Å². The van der Waals surface area contributed by atoms with Crippen LogP contribution in [0.15, 0.2) is 162 Å². The number of hydrogen-bond acceptors (Lipinski definition) is 1. The van der Waals surface area contributed by atoms with Gasteiger partial charge in [0.25, 0.3) is 0 Å². The predicted octanol–water partition coefficient (Wildman–Crippen LogP) is 12.0. The van der Waals surface area contributed by atoms with Gasteiger partial charge in [0, 0.05) is 10.8 Å². The Morgan fingerprint density at radius 3 is 1.65 bits per heavy atom. The second kappa shape index (κ2) is 9.44. The van der Waals surface area contributed by atoms with E-state index in [9.17, 15) is 0 Å². The van der Waals surface area contributed by atoms with Gasteiger partial charge in [0.05, 0.1) is 0 Å². The molecular formula is C42H26O. The van der Waals surface area contributed by atoms with E-state index >= 15 is 0 Å². The van der Waals surface area contributed by atoms with E-state index in [0.29, 0.717) is 0 Å². The molecule has 0 N–H and O–H groups in total. The van der Waals surface area contributed by atoms with Crippen LogP contribution < -0.4 is 0 Å². The van der Waals surface area contributed by atoms with Crippen molar-refractivity contribution in [2.75, 3.05) is 0 Å². The van der Waals surface area contributed by atoms with Crippen molar-refractivity contribution in [2.45, 2.75) is 0 Å². The van der Waals surface area contributed by atoms with Gasteiger partial charge < -0.3 is 4.42 Å². The summed E-state index contributed by atoms with van der Waals surface area (Å²) >= 11 is 0. The topological polar surface area (TPSA) is 13.1 Å². The monoisotopic (exact) mass is 546 g/mol. The summed E-state index contributed by atoms with van der Waals surface area (Å²) in [5, 5.41) is 9.81. The first kappa shape index (κ1) is 24.0. The number of fused-ring (bicyclic) bond motifs is 6. The largest absolute Gasteiger partial charge is 0.456 e. The number of rotatable bonds is 3. The van der Waals surface area contributed by atoms with Crippen molar-refractivity contribution < 1.29 is 4.42 Å². The van der Waals surface area contributed by atoms with Crippen LogP contribution in [0.3, 0.4) is 0 Å². The fourth-order valence-corrected chi connectivity index (χ4v) is 7.01. The van der Waals surface area contributed by atoms with Crippen molar-refractivity contribution in [1.82, 2.24) is 0 Å². The zero-order chi connectivity index (χ0) is 28.3. The van der Waals surface area contributed by atoms with Crippen molar-refractivity contribution in [2.24, 2.45) is 0 Å². The van der Waals surface area contributed by atoms with Gasteiger partial charge in [-0.05, 0) is 83.9 Å². The van der Waals surface area contributed by atoms with Crippen LogP contribution in [0.4, 0.5) is 0 Å². The fraction of sp³-hybridized carbons (Fsp3) is 0. The number of furan rings is 1. The molecule has 0 bridgehead atoms. The minimum atomic E-state index is 0.905. The van der Waals surface area contributed by atoms with Crippen LogP contribution in [0.2, 0.25) is 0 Å². The van der Waals surface area contributed by atoms with Crippen LogP contribution in [0, 0.1) is 0 Å². The van der Waals surface area contributed by atoms with Gasteiger partial charge in [-0.2, -0.15) is 0 Å². The molecule has 0 radical (unpaired) electrons. The lowest BCUT2D eigenvalue weighted by Crippen LogP contribution is -1.91. The highest BCUT2D eigenvalue weighted by Gasteiger charge is 2.19. The van der Waals surface area contributed by atoms with E-state index in [4.69, 9.17) is 4.42 Å². The lowest BCUT2D eigenvalue weighted by atomic mass is 9.84. The molecule has 1 aromatic heterocycles. The third-order valence-electron chi connectivity index (χ3n) is 8.86. The predicted molar refractivity (Wildman–Crippen MR) is 183 cm³/mol. The summed E-state index contributed by atoms with van der Waals surface area (Å²) in [6.45, 7) is 0. The van der Waals surface area contributed by atoms with E-state index in [1.54, 1.807) is 0 Å². The third kappa shape index (κ3) is 3.65. The first-order valence-electron chi connectivity index (χ1n) is 14.8. The summed E-state index contributed by atoms with van der Waals surface area (Å²) in [4.78, 5) is 0. The highest BCUT2D eigenvalue weighted by Crippen LogP contribution is 2.46. The van der Waals surface area contributed by atoms with Crippen molar-refractivity contribution in [3.8, 4) is 33.4 Å². The van der Waals surface area contributed by atoms with Gasteiger partial charge in [-0.15, -0.1) is 0 Å². The van der Waals surface area contributed by atoms with Crippen molar-refractivity contribution in [3.63, 3.8) is 0 Å². The minimum absolute atomic E-state index is 0.905. The van der Waals surface area contributed by atoms with Crippen LogP contribution in [-0.2, 0) is 0 Å². The standard InChI is InChI=1S/C42H26O/c1-2-12-28(13-3-1)31-21-11-23-38-42(31)37-25-24-29(26-39(37)43-38)40-33-17-6-8-19-35(33)41(36-20-9-7-18-34(36)40)32-22-10-15-27-14-4-5-16-30(27)32/h1-26H. The lowest BCUT2D eigenvalue weighted by molar-refractivity contribution is 0.669. The summed E-state index contributed by atoms with van der Waals surface area (Å²) in [7, 11) is 0. The Hall–Kier alpha value is -5.66. The average molecular weight is 547 g/mol. The smallest absolute Gasteiger partial charge is 0.136 e. The molecule has 0 aliphatic heterocycles. The first-order valence-corrected chi connectivity index (χ1v) is 14.8. The Kier molecular flexibility index (Phi) is 5.27. The Bertz CT molecular complexity index is 2440. The molecule has 1 heteroatoms. The summed E-state index contributed by atoms with van der Waals surface area (Å²) in [5.41, 5.74) is 9.14. The molecule has 1 heterocycles. The molecule has 0 spiro atoms. The van der Waals surface area contributed by atoms with Gasteiger partial charge in [0.2, 0.25) is 0 Å². The molecule has 0 amide bonds. The maximum Gasteiger partial charge on any atom is 0.136 e. The van der Waals surface area contributed by atoms with Gasteiger partial charge in [0.15, 0.2) is 0 Å². The molecule has 8 aromatic carbocycles. The third-order valence-corrected chi connectivity index (χ3v) is 8.86. The molecule has 43 heavy (non-hydrogen) atoms. The number of hydrogen-bond donors (Lipinski definition) is 0. The zero-order valence-electron chi connectivity index (χ0n) is 23.4. The highest BCUT2D eigenvalue weighted by atomic mass is 16.3. The molecule has 0 unspecified atom stereocenters. The molecule has 0 atom stereocenters. The van der Waals surface area contributed by atoms with E-state index in [2.05, 4.69) is 158 Å². The second-order valence-corrected chi connectivity index (χ2v) is 11.2. The molecule has 0 aliphatic rings. The van der Waals surface area contributed by atoms with E-state index in [-0.39, 0.29) is 0 Å². The Morgan fingerprint density at radius 2 is 0.907 bits per heavy atom. The van der Waals surface area contributed by atoms with Gasteiger partial charge in [-0.3, -0.25) is 0 Å². The number of benzene rings is 8. The SMILES string of the molecule is c1ccc(-c2cccc3oc4cc(-c5c6ccccc6c(-c6cccc7ccccc67)c6ccccc56)ccc4c23)cc1. The van der Waals surface area contributed by atoms with Crippen molar-refractivity contribution >= 4 is 54.3 Å². The van der Waals surface area contributed by atoms with Crippen molar-refractivity contribution in [1.29, 1.82) is 0 Å². The molecule has 0 saturated carbocycles. The van der Waals surface area contributed by atoms with Crippen LogP contribution in [0.5, 0.6) is 0 Å². The summed E-state index contributed by atoms with van der Waals surface area (Å²) in [6.07, 6.45) is 0. The molecule has 0 aliphatic carbocycles. The van der Waals surface area contributed by atoms with Gasteiger partial charge >= 0.3 is 0 Å². The van der Waals surface area contributed by atoms with Gasteiger partial charge in [0.1, 0.15) is 11.2 Å². The average Bonchev–Trinajstić information content (AvgIpc) is 3.45. The molecule has 0 saturated heterocycles. The Balaban J connectivity index is 1.34. The summed E-state index contributed by atoms with van der Waals surface area (Å²) in [5.74, 6) is 0. The van der Waals surface area contributed by atoms with Crippen LogP contribution >= 0.6 is 0 Å². The molecule has 200 valence electrons. The molecule has 9 aromatic rings. The Morgan fingerprint density at radius 1 is 0.326 bits per heavy atom. The molecule has 0 fully saturated rings. The lowest BCUT2D eigenvalue weighted by Gasteiger charge is -2.18. The summed E-state index contributed by atoms with van der Waals surface area (Å²) < 4.78 is 6.54. The molecule has 1 nitrogen and oxygen atoms in total. The Labute approximate surface area is 249 Å². The normalized spacial score (nSPS) is 11.7. The van der Waals surface area contributed by atoms with E-state index in [0.717, 1.165) is 27.5 Å². The van der Waals surface area contributed by atoms with E-state index < -0.39 is 0 Å². The molecular weight excluding hydrogens is 520 g/mol. The van der Waals surface area contributed by atoms with Crippen LogP contribution in [0.1, 0.15) is 0 Å². The maximum absolute atomic E-state index is 6.54. The van der Waals surface area contributed by atoms with Crippen LogP contribution in [0.25, 0.3) is 87.6 Å². The second-order valence-electron chi connectivity index (χ2n) is 11.2. The highest BCUT2D eigenvalue weighted by molar-refractivity contribution is 6.24. The van der Waals surface area contributed by atoms with E-state index in [1.165, 1.54) is 60.1 Å². The van der Waals surface area contributed by atoms with Gasteiger partial charge in [-0.1, -0.05) is 140 Å². The first-order chi connectivity index (χ1) is 21.3. The van der Waals surface area contributed by atoms with Gasteiger partial charge in [-0.25, -0.2) is 0 Å². The van der Waals surface area contributed by atoms with Crippen molar-refractivity contribution in [3.05, 3.63) is 158 Å². The molecule has 9 rings (SSSR count).